The molecule has 1 atom stereocenters. The molecule has 3 N–H and O–H groups in total. The topological polar surface area (TPSA) is 81.7 Å². The van der Waals surface area contributed by atoms with Crippen LogP contribution in [0.1, 0.15) is 57.8 Å². The van der Waals surface area contributed by atoms with E-state index in [0.29, 0.717) is 5.92 Å². The minimum atomic E-state index is -0.446. The van der Waals surface area contributed by atoms with Crippen LogP contribution in [0.25, 0.3) is 10.8 Å². The molecule has 6 nitrogen and oxygen atoms in total. The van der Waals surface area contributed by atoms with Crippen LogP contribution in [0.15, 0.2) is 47.4 Å². The van der Waals surface area contributed by atoms with Crippen molar-refractivity contribution in [3.05, 3.63) is 42.5 Å². The summed E-state index contributed by atoms with van der Waals surface area (Å²) >= 11 is 1.65. The Morgan fingerprint density at radius 3 is 2.42 bits per heavy atom. The van der Waals surface area contributed by atoms with Gasteiger partial charge in [0, 0.05) is 30.3 Å². The van der Waals surface area contributed by atoms with Gasteiger partial charge in [-0.1, -0.05) is 62.1 Å². The number of hydrogen-bond acceptors (Lipinski definition) is 5. The smallest absolute Gasteiger partial charge is 0.244 e. The molecule has 0 bridgehead atoms. The van der Waals surface area contributed by atoms with Crippen LogP contribution in [0.5, 0.6) is 0 Å². The Balaban J connectivity index is 0.000000203. The molecule has 2 aliphatic rings. The summed E-state index contributed by atoms with van der Waals surface area (Å²) in [6, 6.07) is 14.8. The molecule has 0 radical (unpaired) electrons. The summed E-state index contributed by atoms with van der Waals surface area (Å²) in [7, 11) is 1.94. The predicted molar refractivity (Wildman–Crippen MR) is 134 cm³/mol. The summed E-state index contributed by atoms with van der Waals surface area (Å²) in [5.41, 5.74) is 1.67. The zero-order valence-corrected chi connectivity index (χ0v) is 20.4. The van der Waals surface area contributed by atoms with E-state index in [9.17, 15) is 9.59 Å². The fraction of sp³-hybridized carbons (Fsp3) is 0.538. The van der Waals surface area contributed by atoms with Crippen LogP contribution in [-0.4, -0.2) is 42.1 Å². The van der Waals surface area contributed by atoms with Gasteiger partial charge in [0.15, 0.2) is 0 Å². The van der Waals surface area contributed by atoms with E-state index in [4.69, 9.17) is 5.21 Å². The van der Waals surface area contributed by atoms with Crippen LogP contribution in [-0.2, 0) is 9.59 Å². The lowest BCUT2D eigenvalue weighted by molar-refractivity contribution is -0.141. The van der Waals surface area contributed by atoms with E-state index < -0.39 is 5.91 Å². The average Bonchev–Trinajstić information content (AvgIpc) is 3.38. The number of carbonyl (C=O) groups excluding carboxylic acids is 2. The molecular formula is C26H37N3O3S. The number of likely N-dealkylation sites (tertiary alicyclic amines) is 1. The summed E-state index contributed by atoms with van der Waals surface area (Å²) in [4.78, 5) is 27.2. The van der Waals surface area contributed by atoms with Gasteiger partial charge in [0.05, 0.1) is 0 Å². The van der Waals surface area contributed by atoms with Gasteiger partial charge in [0.25, 0.3) is 0 Å². The molecular weight excluding hydrogens is 434 g/mol. The normalized spacial score (nSPS) is 17.3. The second-order valence-electron chi connectivity index (χ2n) is 8.99. The number of hydroxylamine groups is 1. The maximum Gasteiger partial charge on any atom is 0.244 e. The summed E-state index contributed by atoms with van der Waals surface area (Å²) in [6.45, 7) is 1.64. The maximum absolute atomic E-state index is 12.6. The SMILES string of the molecule is CNSc1cccc2ccccc12.O=C(C[C@@H](CC1CCCC1)C(=O)N1CCCCC1)NO. The third-order valence-corrected chi connectivity index (χ3v) is 7.41. The molecule has 2 amide bonds. The number of nitrogens with one attached hydrogen (secondary N) is 2. The van der Waals surface area contributed by atoms with Crippen molar-refractivity contribution in [3.8, 4) is 0 Å². The van der Waals surface area contributed by atoms with E-state index in [1.165, 1.54) is 47.8 Å². The van der Waals surface area contributed by atoms with E-state index in [2.05, 4.69) is 47.2 Å². The molecule has 7 heteroatoms. The lowest BCUT2D eigenvalue weighted by Crippen LogP contribution is -2.41. The lowest BCUT2D eigenvalue weighted by Gasteiger charge is -2.31. The Morgan fingerprint density at radius 2 is 1.73 bits per heavy atom. The molecule has 1 heterocycles. The van der Waals surface area contributed by atoms with Gasteiger partial charge >= 0.3 is 0 Å². The molecule has 2 aromatic rings. The Hall–Kier alpha value is -2.09. The van der Waals surface area contributed by atoms with E-state index in [1.54, 1.807) is 17.4 Å². The molecule has 4 rings (SSSR count). The first-order valence-corrected chi connectivity index (χ1v) is 13.0. The van der Waals surface area contributed by atoms with Crippen molar-refractivity contribution in [2.24, 2.45) is 11.8 Å². The second kappa shape index (κ2) is 13.6. The first-order chi connectivity index (χ1) is 16.1. The molecule has 1 saturated heterocycles. The molecule has 2 aromatic carbocycles. The number of rotatable bonds is 7. The van der Waals surface area contributed by atoms with Crippen molar-refractivity contribution in [3.63, 3.8) is 0 Å². The molecule has 33 heavy (non-hydrogen) atoms. The standard InChI is InChI=1S/C15H26N2O3.C11H11NS/c18-14(16-20)11-13(10-12-6-2-3-7-12)15(19)17-8-4-1-5-9-17;1-12-13-11-8-4-6-9-5-2-3-7-10(9)11/h12-13,20H,1-11H2,(H,16,18);2-8,12H,1H3/t13-;/m1./s1. The van der Waals surface area contributed by atoms with Crippen LogP contribution in [0.4, 0.5) is 0 Å². The molecule has 0 aromatic heterocycles. The largest absolute Gasteiger partial charge is 0.342 e. The van der Waals surface area contributed by atoms with Crippen molar-refractivity contribution >= 4 is 34.5 Å². The van der Waals surface area contributed by atoms with Gasteiger partial charge in [-0.3, -0.25) is 19.5 Å². The second-order valence-corrected chi connectivity index (χ2v) is 10.0. The minimum absolute atomic E-state index is 0.111. The quantitative estimate of drug-likeness (QED) is 0.295. The Labute approximate surface area is 201 Å². The zero-order valence-electron chi connectivity index (χ0n) is 19.6. The van der Waals surface area contributed by atoms with Crippen molar-refractivity contribution in [1.29, 1.82) is 0 Å². The number of piperidine rings is 1. The van der Waals surface area contributed by atoms with Gasteiger partial charge in [-0.05, 0) is 67.4 Å². The van der Waals surface area contributed by atoms with Crippen molar-refractivity contribution in [2.45, 2.75) is 62.7 Å². The number of amides is 2. The highest BCUT2D eigenvalue weighted by atomic mass is 32.2. The van der Waals surface area contributed by atoms with E-state index in [-0.39, 0.29) is 18.2 Å². The zero-order chi connectivity index (χ0) is 23.5. The molecule has 0 unspecified atom stereocenters. The van der Waals surface area contributed by atoms with Gasteiger partial charge in [-0.2, -0.15) is 0 Å². The third-order valence-electron chi connectivity index (χ3n) is 6.63. The first-order valence-electron chi connectivity index (χ1n) is 12.2. The van der Waals surface area contributed by atoms with E-state index >= 15 is 0 Å². The first kappa shape index (κ1) is 25.5. The van der Waals surface area contributed by atoms with E-state index in [0.717, 1.165) is 32.4 Å². The number of fused-ring (bicyclic) bond motifs is 1. The average molecular weight is 472 g/mol. The number of hydrogen-bond donors (Lipinski definition) is 3. The summed E-state index contributed by atoms with van der Waals surface area (Å²) in [5.74, 6) is -0.0258. The summed E-state index contributed by atoms with van der Waals surface area (Å²) in [5, 5.41) is 11.3. The Morgan fingerprint density at radius 1 is 1.03 bits per heavy atom. The molecule has 1 aliphatic heterocycles. The number of benzene rings is 2. The Bertz CT molecular complexity index is 890. The molecule has 180 valence electrons. The lowest BCUT2D eigenvalue weighted by atomic mass is 9.89. The van der Waals surface area contributed by atoms with Crippen LogP contribution < -0.4 is 10.2 Å². The highest BCUT2D eigenvalue weighted by molar-refractivity contribution is 7.97. The van der Waals surface area contributed by atoms with Gasteiger partial charge < -0.3 is 4.90 Å². The monoisotopic (exact) mass is 471 g/mol. The molecule has 0 spiro atoms. The van der Waals surface area contributed by atoms with Gasteiger partial charge in [-0.25, -0.2) is 5.48 Å². The molecule has 1 saturated carbocycles. The molecule has 1 aliphatic carbocycles. The highest BCUT2D eigenvalue weighted by Crippen LogP contribution is 2.32. The number of nitrogens with zero attached hydrogens (tertiary/aromatic N) is 1. The minimum Gasteiger partial charge on any atom is -0.342 e. The third kappa shape index (κ3) is 7.73. The van der Waals surface area contributed by atoms with Crippen molar-refractivity contribution in [2.75, 3.05) is 20.1 Å². The van der Waals surface area contributed by atoms with Crippen LogP contribution in [0.2, 0.25) is 0 Å². The fourth-order valence-electron chi connectivity index (χ4n) is 4.96. The van der Waals surface area contributed by atoms with Gasteiger partial charge in [0.2, 0.25) is 11.8 Å². The molecule has 2 fully saturated rings. The van der Waals surface area contributed by atoms with E-state index in [1.807, 2.05) is 11.9 Å². The number of carbonyl (C=O) groups is 2. The van der Waals surface area contributed by atoms with Crippen LogP contribution >= 0.6 is 11.9 Å². The van der Waals surface area contributed by atoms with Gasteiger partial charge in [0.1, 0.15) is 0 Å². The van der Waals surface area contributed by atoms with Crippen molar-refractivity contribution in [1.82, 2.24) is 15.1 Å². The summed E-state index contributed by atoms with van der Waals surface area (Å²) in [6.07, 6.45) is 9.04. The Kier molecular flexibility index (Phi) is 10.5. The van der Waals surface area contributed by atoms with Crippen LogP contribution in [0.3, 0.4) is 0 Å². The maximum atomic E-state index is 12.6. The van der Waals surface area contributed by atoms with Gasteiger partial charge in [-0.15, -0.1) is 0 Å². The predicted octanol–water partition coefficient (Wildman–Crippen LogP) is 5.16. The summed E-state index contributed by atoms with van der Waals surface area (Å²) < 4.78 is 3.09. The fourth-order valence-corrected chi connectivity index (χ4v) is 5.62. The van der Waals surface area contributed by atoms with Crippen molar-refractivity contribution < 1.29 is 14.8 Å². The van der Waals surface area contributed by atoms with Crippen LogP contribution in [0, 0.1) is 11.8 Å². The highest BCUT2D eigenvalue weighted by Gasteiger charge is 2.30.